The van der Waals surface area contributed by atoms with Crippen molar-refractivity contribution >= 4 is 11.8 Å². The summed E-state index contributed by atoms with van der Waals surface area (Å²) in [5, 5.41) is 3.48. The van der Waals surface area contributed by atoms with Crippen LogP contribution in [0.15, 0.2) is 22.8 Å². The summed E-state index contributed by atoms with van der Waals surface area (Å²) in [6.45, 7) is 1.04. The van der Waals surface area contributed by atoms with Gasteiger partial charge in [-0.1, -0.05) is 0 Å². The highest BCUT2D eigenvalue weighted by Gasteiger charge is 2.16. The molecule has 1 N–H and O–H groups in total. The first-order valence-electron chi connectivity index (χ1n) is 4.28. The van der Waals surface area contributed by atoms with Gasteiger partial charge in [0.15, 0.2) is 0 Å². The summed E-state index contributed by atoms with van der Waals surface area (Å²) in [4.78, 5) is 0. The average Bonchev–Trinajstić information content (AvgIpc) is 2.46. The molecule has 1 aliphatic rings. The van der Waals surface area contributed by atoms with Crippen molar-refractivity contribution in [2.45, 2.75) is 12.5 Å². The Balaban J connectivity index is 1.62. The van der Waals surface area contributed by atoms with Crippen LogP contribution in [-0.4, -0.2) is 24.1 Å². The number of thioether (sulfide) groups is 1. The minimum Gasteiger partial charge on any atom is -0.469 e. The zero-order valence-corrected chi connectivity index (χ0v) is 7.77. The van der Waals surface area contributed by atoms with E-state index in [0.29, 0.717) is 0 Å². The fourth-order valence-electron chi connectivity index (χ4n) is 1.21. The first-order valence-corrected chi connectivity index (χ1v) is 5.44. The van der Waals surface area contributed by atoms with Gasteiger partial charge < -0.3 is 9.73 Å². The van der Waals surface area contributed by atoms with Crippen molar-refractivity contribution in [3.8, 4) is 0 Å². The molecule has 0 amide bonds. The van der Waals surface area contributed by atoms with E-state index in [4.69, 9.17) is 4.42 Å². The molecule has 2 heterocycles. The van der Waals surface area contributed by atoms with E-state index in [2.05, 4.69) is 5.32 Å². The highest BCUT2D eigenvalue weighted by atomic mass is 32.2. The summed E-state index contributed by atoms with van der Waals surface area (Å²) < 4.78 is 5.22. The first-order chi connectivity index (χ1) is 5.95. The minimum absolute atomic E-state index is 0.755. The monoisotopic (exact) mass is 183 g/mol. The van der Waals surface area contributed by atoms with Gasteiger partial charge in [0.2, 0.25) is 0 Å². The third kappa shape index (κ3) is 2.05. The Bertz CT molecular complexity index is 218. The van der Waals surface area contributed by atoms with Gasteiger partial charge in [0.25, 0.3) is 0 Å². The van der Waals surface area contributed by atoms with Gasteiger partial charge in [-0.15, -0.1) is 0 Å². The van der Waals surface area contributed by atoms with Crippen molar-refractivity contribution in [1.82, 2.24) is 5.32 Å². The zero-order valence-electron chi connectivity index (χ0n) is 6.95. The van der Waals surface area contributed by atoms with Gasteiger partial charge in [0, 0.05) is 30.5 Å². The standard InChI is InChI=1S/C9H13NOS/c1-2-9(11-5-1)3-4-10-8-6-12-7-8/h1-2,5,8,10H,3-4,6-7H2. The molecule has 2 rings (SSSR count). The van der Waals surface area contributed by atoms with Crippen LogP contribution in [0.3, 0.4) is 0 Å². The van der Waals surface area contributed by atoms with Crippen molar-refractivity contribution in [1.29, 1.82) is 0 Å². The van der Waals surface area contributed by atoms with Crippen molar-refractivity contribution in [2.24, 2.45) is 0 Å². The van der Waals surface area contributed by atoms with Crippen molar-refractivity contribution < 1.29 is 4.42 Å². The highest BCUT2D eigenvalue weighted by Crippen LogP contribution is 2.16. The molecule has 0 bridgehead atoms. The van der Waals surface area contributed by atoms with E-state index in [-0.39, 0.29) is 0 Å². The fourth-order valence-corrected chi connectivity index (χ4v) is 1.91. The first kappa shape index (κ1) is 8.20. The number of hydrogen-bond donors (Lipinski definition) is 1. The van der Waals surface area contributed by atoms with E-state index < -0.39 is 0 Å². The second-order valence-corrected chi connectivity index (χ2v) is 4.09. The molecule has 3 heteroatoms. The second kappa shape index (κ2) is 4.01. The molecule has 0 aromatic carbocycles. The maximum absolute atomic E-state index is 5.22. The molecule has 1 saturated heterocycles. The van der Waals surface area contributed by atoms with Crippen LogP contribution < -0.4 is 5.32 Å². The van der Waals surface area contributed by atoms with E-state index in [9.17, 15) is 0 Å². The molecule has 0 saturated carbocycles. The Morgan fingerprint density at radius 3 is 3.08 bits per heavy atom. The van der Waals surface area contributed by atoms with Crippen molar-refractivity contribution in [3.63, 3.8) is 0 Å². The maximum atomic E-state index is 5.22. The molecule has 1 aromatic heterocycles. The molecular weight excluding hydrogens is 170 g/mol. The van der Waals surface area contributed by atoms with Crippen LogP contribution in [0.2, 0.25) is 0 Å². The molecular formula is C9H13NOS. The van der Waals surface area contributed by atoms with E-state index in [1.165, 1.54) is 11.5 Å². The van der Waals surface area contributed by atoms with Gasteiger partial charge in [0.05, 0.1) is 6.26 Å². The lowest BCUT2D eigenvalue weighted by molar-refractivity contribution is 0.488. The quantitative estimate of drug-likeness (QED) is 0.766. The van der Waals surface area contributed by atoms with Crippen LogP contribution in [0.25, 0.3) is 0 Å². The summed E-state index contributed by atoms with van der Waals surface area (Å²) >= 11 is 2.01. The largest absolute Gasteiger partial charge is 0.469 e. The molecule has 0 spiro atoms. The third-order valence-corrected chi connectivity index (χ3v) is 3.30. The van der Waals surface area contributed by atoms with Crippen LogP contribution in [-0.2, 0) is 6.42 Å². The predicted octanol–water partition coefficient (Wildman–Crippen LogP) is 1.53. The molecule has 1 aromatic rings. The van der Waals surface area contributed by atoms with Gasteiger partial charge in [0.1, 0.15) is 5.76 Å². The number of furan rings is 1. The van der Waals surface area contributed by atoms with Gasteiger partial charge >= 0.3 is 0 Å². The molecule has 12 heavy (non-hydrogen) atoms. The summed E-state index contributed by atoms with van der Waals surface area (Å²) in [7, 11) is 0. The predicted molar refractivity (Wildman–Crippen MR) is 51.5 cm³/mol. The molecule has 0 atom stereocenters. The number of nitrogens with one attached hydrogen (secondary N) is 1. The molecule has 1 aliphatic heterocycles. The van der Waals surface area contributed by atoms with Crippen molar-refractivity contribution in [3.05, 3.63) is 24.2 Å². The molecule has 1 fully saturated rings. The van der Waals surface area contributed by atoms with Crippen LogP contribution in [0.4, 0.5) is 0 Å². The van der Waals surface area contributed by atoms with Crippen LogP contribution in [0.5, 0.6) is 0 Å². The van der Waals surface area contributed by atoms with Gasteiger partial charge in [-0.05, 0) is 12.1 Å². The van der Waals surface area contributed by atoms with Gasteiger partial charge in [-0.2, -0.15) is 11.8 Å². The topological polar surface area (TPSA) is 25.2 Å². The summed E-state index contributed by atoms with van der Waals surface area (Å²) in [6.07, 6.45) is 2.74. The average molecular weight is 183 g/mol. The summed E-state index contributed by atoms with van der Waals surface area (Å²) in [5.41, 5.74) is 0. The molecule has 0 radical (unpaired) electrons. The summed E-state index contributed by atoms with van der Waals surface area (Å²) in [6, 6.07) is 4.72. The molecule has 66 valence electrons. The molecule has 0 aliphatic carbocycles. The molecule has 0 unspecified atom stereocenters. The van der Waals surface area contributed by atoms with Crippen LogP contribution in [0, 0.1) is 0 Å². The van der Waals surface area contributed by atoms with E-state index in [1.54, 1.807) is 6.26 Å². The number of hydrogen-bond acceptors (Lipinski definition) is 3. The summed E-state index contributed by atoms with van der Waals surface area (Å²) in [5.74, 6) is 3.63. The zero-order chi connectivity index (χ0) is 8.23. The lowest BCUT2D eigenvalue weighted by Gasteiger charge is -2.25. The Labute approximate surface area is 76.7 Å². The Kier molecular flexibility index (Phi) is 2.74. The van der Waals surface area contributed by atoms with E-state index in [0.717, 1.165) is 24.8 Å². The van der Waals surface area contributed by atoms with E-state index >= 15 is 0 Å². The lowest BCUT2D eigenvalue weighted by Crippen LogP contribution is -2.41. The Hall–Kier alpha value is -0.410. The Morgan fingerprint density at radius 2 is 2.50 bits per heavy atom. The van der Waals surface area contributed by atoms with Gasteiger partial charge in [-0.3, -0.25) is 0 Å². The SMILES string of the molecule is c1coc(CCNC2CSC2)c1. The minimum atomic E-state index is 0.755. The Morgan fingerprint density at radius 1 is 1.58 bits per heavy atom. The molecule has 2 nitrogen and oxygen atoms in total. The lowest BCUT2D eigenvalue weighted by atomic mass is 10.3. The van der Waals surface area contributed by atoms with Crippen LogP contribution >= 0.6 is 11.8 Å². The van der Waals surface area contributed by atoms with E-state index in [1.807, 2.05) is 23.9 Å². The maximum Gasteiger partial charge on any atom is 0.105 e. The number of rotatable bonds is 4. The van der Waals surface area contributed by atoms with Gasteiger partial charge in [-0.25, -0.2) is 0 Å². The smallest absolute Gasteiger partial charge is 0.105 e. The van der Waals surface area contributed by atoms with Crippen molar-refractivity contribution in [2.75, 3.05) is 18.1 Å². The van der Waals surface area contributed by atoms with Crippen LogP contribution in [0.1, 0.15) is 5.76 Å². The third-order valence-electron chi connectivity index (χ3n) is 2.02. The fraction of sp³-hybridized carbons (Fsp3) is 0.556. The highest BCUT2D eigenvalue weighted by molar-refractivity contribution is 8.00. The second-order valence-electron chi connectivity index (χ2n) is 3.02. The normalized spacial score (nSPS) is 17.7.